The van der Waals surface area contributed by atoms with Crippen molar-refractivity contribution in [2.45, 2.75) is 27.7 Å². The van der Waals surface area contributed by atoms with E-state index in [4.69, 9.17) is 0 Å². The molecule has 2 unspecified atom stereocenters. The summed E-state index contributed by atoms with van der Waals surface area (Å²) < 4.78 is 0. The second-order valence-corrected chi connectivity index (χ2v) is 35.3. The van der Waals surface area contributed by atoms with Crippen molar-refractivity contribution in [3.8, 4) is 89.0 Å². The molecule has 1 nitrogen and oxygen atoms in total. The first kappa shape index (κ1) is 43.0. The average Bonchev–Trinajstić information content (AvgIpc) is 3.09. The van der Waals surface area contributed by atoms with E-state index < -0.39 is 24.2 Å². The lowest BCUT2D eigenvalue weighted by molar-refractivity contribution is 1.30. The van der Waals surface area contributed by atoms with Crippen molar-refractivity contribution >= 4 is 104 Å². The van der Waals surface area contributed by atoms with Crippen molar-refractivity contribution in [2.75, 3.05) is 4.90 Å². The van der Waals surface area contributed by atoms with Crippen molar-refractivity contribution in [3.05, 3.63) is 247 Å². The predicted molar refractivity (Wildman–Crippen MR) is 343 cm³/mol. The zero-order valence-electron chi connectivity index (χ0n) is 44.8. The van der Waals surface area contributed by atoms with Crippen LogP contribution in [0.1, 0.15) is 22.3 Å². The SMILES string of the molecule is Cc1cccc(C)c1-c1cc2c3c(c1)[Si]14c5ccccc5-c5cc(ccc51)-c1cccc(C)c1-c1cc4c4c(c1)[Si]1(c5ccccc5-c5ccccc51)c1cc5cc(c1N34)[Si]21c2ccccc2-c2cc(ccc21)-c1cccc(C)c1-5. The van der Waals surface area contributed by atoms with Crippen LogP contribution in [0.15, 0.2) is 224 Å². The van der Waals surface area contributed by atoms with Crippen LogP contribution in [0.5, 0.6) is 0 Å². The van der Waals surface area contributed by atoms with Gasteiger partial charge in [-0.1, -0.05) is 212 Å². The highest BCUT2D eigenvalue weighted by Crippen LogP contribution is 2.53. The number of hydrogen-bond acceptors (Lipinski definition) is 1. The molecular formula is C76H49NSi3. The second kappa shape index (κ2) is 14.1. The highest BCUT2D eigenvalue weighted by Gasteiger charge is 2.66. The van der Waals surface area contributed by atoms with Gasteiger partial charge in [-0.3, -0.25) is 0 Å². The quantitative estimate of drug-likeness (QED) is 0.148. The van der Waals surface area contributed by atoms with E-state index in [-0.39, 0.29) is 0 Å². The van der Waals surface area contributed by atoms with E-state index in [2.05, 4.69) is 257 Å². The van der Waals surface area contributed by atoms with Crippen LogP contribution in [0.25, 0.3) is 89.0 Å². The third-order valence-electron chi connectivity index (χ3n) is 21.0. The molecule has 10 heterocycles. The molecule has 0 N–H and O–H groups in total. The minimum absolute atomic E-state index is 1.30. The van der Waals surface area contributed by atoms with Gasteiger partial charge < -0.3 is 4.90 Å². The zero-order valence-corrected chi connectivity index (χ0v) is 47.8. The molecule has 12 aromatic carbocycles. The smallest absolute Gasteiger partial charge is 0.185 e. The first-order valence-corrected chi connectivity index (χ1v) is 34.7. The molecule has 370 valence electrons. The maximum atomic E-state index is 2.97. The van der Waals surface area contributed by atoms with Crippen LogP contribution in [-0.4, -0.2) is 24.2 Å². The van der Waals surface area contributed by atoms with E-state index in [0.29, 0.717) is 0 Å². The van der Waals surface area contributed by atoms with Crippen LogP contribution in [0.4, 0.5) is 17.1 Å². The van der Waals surface area contributed by atoms with Crippen LogP contribution < -0.4 is 67.1 Å². The molecule has 0 aromatic heterocycles. The summed E-state index contributed by atoms with van der Waals surface area (Å²) in [5, 5.41) is 18.4. The standard InChI is InChI=1S/C76H49NSi3/c1-42-16-13-17-43(2)71(42)48-36-65-74-66(37-48)80-62-29-12-8-23-56(62)58-35-47(31-33-64(58)80)52-25-15-19-45(4)73(52)50-39-68-76(70(80)41-50)77(74)75-67(78(68)59-26-9-5-20-53(59)54-21-6-10-27-60(54)78)38-49-40-69(75)79(65)61-28-11-7-22-55(61)57-34-46(30-32-63(57)79)51-24-14-18-44(3)72(49)51/h5-41H,1-4H3. The van der Waals surface area contributed by atoms with Crippen molar-refractivity contribution < 1.29 is 0 Å². The van der Waals surface area contributed by atoms with Gasteiger partial charge in [-0.2, -0.15) is 0 Å². The maximum Gasteiger partial charge on any atom is 0.185 e. The van der Waals surface area contributed by atoms with Crippen LogP contribution in [0.3, 0.4) is 0 Å². The number of fused-ring (bicyclic) bond motifs is 11. The van der Waals surface area contributed by atoms with E-state index in [1.165, 1.54) is 159 Å². The number of benzene rings is 12. The molecule has 4 heteroatoms. The van der Waals surface area contributed by atoms with Crippen LogP contribution in [0.2, 0.25) is 0 Å². The Morgan fingerprint density at radius 3 is 0.850 bits per heavy atom. The highest BCUT2D eigenvalue weighted by molar-refractivity contribution is 7.30. The largest absolute Gasteiger partial charge is 0.311 e. The maximum absolute atomic E-state index is 3.31. The molecular weight excluding hydrogens is 1010 g/mol. The topological polar surface area (TPSA) is 3.24 Å². The van der Waals surface area contributed by atoms with Gasteiger partial charge in [0.05, 0.1) is 0 Å². The molecule has 12 aromatic rings. The van der Waals surface area contributed by atoms with Gasteiger partial charge in [-0.05, 0) is 213 Å². The lowest BCUT2D eigenvalue weighted by Gasteiger charge is -2.56. The molecule has 0 radical (unpaired) electrons. The minimum Gasteiger partial charge on any atom is -0.311 e. The molecule has 80 heavy (non-hydrogen) atoms. The van der Waals surface area contributed by atoms with Crippen molar-refractivity contribution in [3.63, 3.8) is 0 Å². The Kier molecular flexibility index (Phi) is 7.58. The van der Waals surface area contributed by atoms with E-state index in [1.54, 1.807) is 31.1 Å². The summed E-state index contributed by atoms with van der Waals surface area (Å²) in [6.07, 6.45) is 0. The molecule has 10 aliphatic heterocycles. The van der Waals surface area contributed by atoms with Gasteiger partial charge in [-0.25, -0.2) is 0 Å². The Balaban J connectivity index is 1.11. The molecule has 3 spiro atoms. The van der Waals surface area contributed by atoms with Crippen LogP contribution in [-0.2, 0) is 0 Å². The second-order valence-electron chi connectivity index (χ2n) is 24.3. The van der Waals surface area contributed by atoms with Gasteiger partial charge in [0, 0.05) is 17.1 Å². The Morgan fingerprint density at radius 2 is 0.487 bits per heavy atom. The third kappa shape index (κ3) is 4.49. The summed E-state index contributed by atoms with van der Waals surface area (Å²) in [7, 11) is -9.91. The molecule has 0 saturated carbocycles. The number of hydrogen-bond donors (Lipinski definition) is 0. The minimum atomic E-state index is -3.31. The molecule has 10 aliphatic rings. The molecule has 0 fully saturated rings. The van der Waals surface area contributed by atoms with Crippen molar-refractivity contribution in [1.82, 2.24) is 0 Å². The van der Waals surface area contributed by atoms with Crippen LogP contribution in [0, 0.1) is 27.7 Å². The summed E-state index contributed by atoms with van der Waals surface area (Å²) >= 11 is 0. The average molecular weight is 1060 g/mol. The Bertz CT molecular complexity index is 4730. The monoisotopic (exact) mass is 1060 g/mol. The number of anilines is 3. The van der Waals surface area contributed by atoms with E-state index in [9.17, 15) is 0 Å². The van der Waals surface area contributed by atoms with Gasteiger partial charge in [-0.15, -0.1) is 0 Å². The van der Waals surface area contributed by atoms with Crippen molar-refractivity contribution in [1.29, 1.82) is 0 Å². The van der Waals surface area contributed by atoms with E-state index >= 15 is 0 Å². The van der Waals surface area contributed by atoms with Crippen molar-refractivity contribution in [2.24, 2.45) is 0 Å². The summed E-state index contributed by atoms with van der Waals surface area (Å²) in [6.45, 7) is 9.43. The van der Waals surface area contributed by atoms with Gasteiger partial charge >= 0.3 is 0 Å². The number of aryl methyl sites for hydroxylation is 4. The van der Waals surface area contributed by atoms with E-state index in [1.807, 2.05) is 0 Å². The Morgan fingerprint density at radius 1 is 0.212 bits per heavy atom. The first-order valence-electron chi connectivity index (χ1n) is 28.7. The third-order valence-corrected chi connectivity index (χ3v) is 35.6. The molecule has 2 atom stereocenters. The van der Waals surface area contributed by atoms with Gasteiger partial charge in [0.25, 0.3) is 0 Å². The zero-order chi connectivity index (χ0) is 52.4. The fourth-order valence-electron chi connectivity index (χ4n) is 18.3. The number of nitrogens with zero attached hydrogens (tertiary/aromatic N) is 1. The summed E-state index contributed by atoms with van der Waals surface area (Å²) in [4.78, 5) is 2.97. The van der Waals surface area contributed by atoms with Gasteiger partial charge in [0.15, 0.2) is 24.2 Å². The number of rotatable bonds is 1. The van der Waals surface area contributed by atoms with Gasteiger partial charge in [0.1, 0.15) is 0 Å². The Hall–Kier alpha value is -8.91. The van der Waals surface area contributed by atoms with E-state index in [0.717, 1.165) is 0 Å². The predicted octanol–water partition coefficient (Wildman–Crippen LogP) is 10.4. The lowest BCUT2D eigenvalue weighted by atomic mass is 9.89. The molecule has 22 rings (SSSR count). The molecule has 0 aliphatic carbocycles. The highest BCUT2D eigenvalue weighted by atomic mass is 28.3. The molecule has 12 bridgehead atoms. The lowest BCUT2D eigenvalue weighted by Crippen LogP contribution is -2.86. The summed E-state index contributed by atoms with van der Waals surface area (Å²) in [6, 6.07) is 92.1. The fraction of sp³-hybridized carbons (Fsp3) is 0.0526. The summed E-state index contributed by atoms with van der Waals surface area (Å²) in [5.41, 5.74) is 31.4. The molecule has 0 amide bonds. The normalized spacial score (nSPS) is 18.2. The summed E-state index contributed by atoms with van der Waals surface area (Å²) in [5.74, 6) is 0. The Labute approximate surface area is 468 Å². The van der Waals surface area contributed by atoms with Crippen LogP contribution >= 0.6 is 0 Å². The molecule has 0 saturated heterocycles. The fourth-order valence-corrected chi connectivity index (χ4v) is 35.5. The van der Waals surface area contributed by atoms with Gasteiger partial charge in [0.2, 0.25) is 0 Å². The first-order chi connectivity index (χ1) is 39.3.